The first-order chi connectivity index (χ1) is 12.3. The van der Waals surface area contributed by atoms with Crippen LogP contribution in [0.5, 0.6) is 11.5 Å². The van der Waals surface area contributed by atoms with Crippen LogP contribution >= 0.6 is 0 Å². The first-order valence-corrected chi connectivity index (χ1v) is 7.31. The number of ether oxygens (including phenoxy) is 1. The molecule has 8 heteroatoms. The maximum absolute atomic E-state index is 12.8. The number of rotatable bonds is 4. The molecule has 0 aromatic heterocycles. The number of nitro benzene ring substituents is 1. The van der Waals surface area contributed by atoms with Gasteiger partial charge < -0.3 is 4.74 Å². The van der Waals surface area contributed by atoms with E-state index in [2.05, 4.69) is 0 Å². The van der Waals surface area contributed by atoms with E-state index < -0.39 is 22.4 Å². The van der Waals surface area contributed by atoms with Crippen LogP contribution in [0.1, 0.15) is 15.9 Å². The number of carbonyl (C=O) groups is 1. The van der Waals surface area contributed by atoms with Gasteiger partial charge in [0.05, 0.1) is 16.1 Å². The monoisotopic (exact) mass is 361 g/mol. The van der Waals surface area contributed by atoms with Gasteiger partial charge in [0.2, 0.25) is 5.75 Å². The van der Waals surface area contributed by atoms with Crippen molar-refractivity contribution >= 4 is 22.7 Å². The van der Waals surface area contributed by atoms with Gasteiger partial charge in [-0.25, -0.2) is 0 Å². The van der Waals surface area contributed by atoms with Crippen molar-refractivity contribution in [2.24, 2.45) is 0 Å². The normalized spacial score (nSPS) is 11.3. The summed E-state index contributed by atoms with van der Waals surface area (Å²) in [6.45, 7) is 0. The van der Waals surface area contributed by atoms with Crippen LogP contribution in [0.3, 0.4) is 0 Å². The molecular weight excluding hydrogens is 351 g/mol. The van der Waals surface area contributed by atoms with Crippen molar-refractivity contribution < 1.29 is 27.6 Å². The first-order valence-electron chi connectivity index (χ1n) is 7.31. The molecule has 0 atom stereocenters. The molecule has 0 N–H and O–H groups in total. The lowest BCUT2D eigenvalue weighted by Crippen LogP contribution is -2.06. The van der Waals surface area contributed by atoms with Gasteiger partial charge in [0.1, 0.15) is 5.75 Å². The third-order valence-corrected chi connectivity index (χ3v) is 3.75. The second-order valence-corrected chi connectivity index (χ2v) is 5.36. The molecule has 26 heavy (non-hydrogen) atoms. The Bertz CT molecular complexity index is 1010. The number of carbonyl (C=O) groups excluding carboxylic acids is 1. The molecule has 0 aliphatic rings. The molecule has 0 heterocycles. The fourth-order valence-corrected chi connectivity index (χ4v) is 2.53. The zero-order valence-corrected chi connectivity index (χ0v) is 13.0. The van der Waals surface area contributed by atoms with Crippen molar-refractivity contribution in [1.82, 2.24) is 0 Å². The molecule has 3 aromatic carbocycles. The predicted molar refractivity (Wildman–Crippen MR) is 87.5 cm³/mol. The zero-order chi connectivity index (χ0) is 18.9. The molecule has 132 valence electrons. The van der Waals surface area contributed by atoms with Gasteiger partial charge >= 0.3 is 11.9 Å². The Morgan fingerprint density at radius 2 is 1.69 bits per heavy atom. The first kappa shape index (κ1) is 17.4. The van der Waals surface area contributed by atoms with E-state index in [1.165, 1.54) is 6.07 Å². The lowest BCUT2D eigenvalue weighted by molar-refractivity contribution is -0.385. The van der Waals surface area contributed by atoms with Crippen LogP contribution in [-0.2, 0) is 6.18 Å². The molecular formula is C18H10F3NO4. The Kier molecular flexibility index (Phi) is 4.33. The van der Waals surface area contributed by atoms with E-state index in [9.17, 15) is 28.1 Å². The smallest absolute Gasteiger partial charge is 0.416 e. The van der Waals surface area contributed by atoms with E-state index in [0.717, 1.165) is 11.5 Å². The maximum Gasteiger partial charge on any atom is 0.416 e. The summed E-state index contributed by atoms with van der Waals surface area (Å²) in [5, 5.41) is 12.5. The molecule has 3 rings (SSSR count). The highest BCUT2D eigenvalue weighted by atomic mass is 19.4. The van der Waals surface area contributed by atoms with E-state index in [1.807, 2.05) is 0 Å². The topological polar surface area (TPSA) is 69.4 Å². The van der Waals surface area contributed by atoms with Gasteiger partial charge in [-0.1, -0.05) is 30.3 Å². The zero-order valence-electron chi connectivity index (χ0n) is 13.0. The van der Waals surface area contributed by atoms with E-state index in [0.29, 0.717) is 23.8 Å². The van der Waals surface area contributed by atoms with E-state index in [4.69, 9.17) is 4.74 Å². The van der Waals surface area contributed by atoms with Crippen LogP contribution in [0.4, 0.5) is 18.9 Å². The molecule has 0 amide bonds. The van der Waals surface area contributed by atoms with Gasteiger partial charge in [-0.05, 0) is 29.0 Å². The number of fused-ring (bicyclic) bond motifs is 1. The molecule has 5 nitrogen and oxygen atoms in total. The van der Waals surface area contributed by atoms with Crippen LogP contribution in [0.2, 0.25) is 0 Å². The summed E-state index contributed by atoms with van der Waals surface area (Å²) in [7, 11) is 0. The molecule has 0 aliphatic carbocycles. The largest absolute Gasteiger partial charge is 0.449 e. The number of hydrogen-bond acceptors (Lipinski definition) is 4. The standard InChI is InChI=1S/C18H10F3NO4/c19-18(20,21)12-6-8-17(15(9-12)22(24)25)26-16-7-5-11-3-1-2-4-13(11)14(16)10-23/h1-10H. The third kappa shape index (κ3) is 3.21. The molecule has 0 fully saturated rings. The molecule has 0 saturated carbocycles. The molecule has 0 bridgehead atoms. The summed E-state index contributed by atoms with van der Waals surface area (Å²) < 4.78 is 43.7. The molecule has 0 saturated heterocycles. The van der Waals surface area contributed by atoms with Crippen LogP contribution in [0.25, 0.3) is 10.8 Å². The molecule has 0 unspecified atom stereocenters. The number of hydrogen-bond donors (Lipinski definition) is 0. The SMILES string of the molecule is O=Cc1c(Oc2ccc(C(F)(F)F)cc2[N+](=O)[O-])ccc2ccccc12. The van der Waals surface area contributed by atoms with Crippen molar-refractivity contribution in [3.05, 3.63) is 75.8 Å². The summed E-state index contributed by atoms with van der Waals surface area (Å²) in [6.07, 6.45) is -4.19. The van der Waals surface area contributed by atoms with Crippen molar-refractivity contribution in [2.75, 3.05) is 0 Å². The van der Waals surface area contributed by atoms with Crippen molar-refractivity contribution in [3.8, 4) is 11.5 Å². The Labute approximate surface area is 144 Å². The van der Waals surface area contributed by atoms with E-state index in [1.54, 1.807) is 30.3 Å². The Hall–Kier alpha value is -3.42. The number of nitrogens with zero attached hydrogens (tertiary/aromatic N) is 1. The Morgan fingerprint density at radius 3 is 2.35 bits per heavy atom. The van der Waals surface area contributed by atoms with Crippen LogP contribution < -0.4 is 4.74 Å². The summed E-state index contributed by atoms with van der Waals surface area (Å²) in [5.41, 5.74) is -1.85. The average Bonchev–Trinajstić information content (AvgIpc) is 2.60. The summed E-state index contributed by atoms with van der Waals surface area (Å²) in [5.74, 6) is -0.372. The van der Waals surface area contributed by atoms with Gasteiger partial charge in [-0.3, -0.25) is 14.9 Å². The Morgan fingerprint density at radius 1 is 1.00 bits per heavy atom. The highest BCUT2D eigenvalue weighted by Crippen LogP contribution is 2.39. The van der Waals surface area contributed by atoms with E-state index >= 15 is 0 Å². The van der Waals surface area contributed by atoms with Gasteiger partial charge in [0.15, 0.2) is 6.29 Å². The fourth-order valence-electron chi connectivity index (χ4n) is 2.53. The summed E-state index contributed by atoms with van der Waals surface area (Å²) >= 11 is 0. The average molecular weight is 361 g/mol. The molecule has 0 spiro atoms. The highest BCUT2D eigenvalue weighted by Gasteiger charge is 2.33. The fraction of sp³-hybridized carbons (Fsp3) is 0.0556. The molecule has 0 radical (unpaired) electrons. The summed E-state index contributed by atoms with van der Waals surface area (Å²) in [4.78, 5) is 21.7. The minimum absolute atomic E-state index is 0.0153. The lowest BCUT2D eigenvalue weighted by atomic mass is 10.0. The lowest BCUT2D eigenvalue weighted by Gasteiger charge is -2.12. The summed E-state index contributed by atoms with van der Waals surface area (Å²) in [6, 6.07) is 12.0. The number of nitro groups is 1. The van der Waals surface area contributed by atoms with Gasteiger partial charge in [-0.15, -0.1) is 0 Å². The highest BCUT2D eigenvalue weighted by molar-refractivity contribution is 6.00. The quantitative estimate of drug-likeness (QED) is 0.356. The second-order valence-electron chi connectivity index (χ2n) is 5.36. The van der Waals surface area contributed by atoms with E-state index in [-0.39, 0.29) is 17.1 Å². The number of aldehydes is 1. The van der Waals surface area contributed by atoms with Gasteiger partial charge in [-0.2, -0.15) is 13.2 Å². The van der Waals surface area contributed by atoms with Crippen molar-refractivity contribution in [3.63, 3.8) is 0 Å². The molecule has 3 aromatic rings. The number of halogens is 3. The van der Waals surface area contributed by atoms with Crippen LogP contribution in [-0.4, -0.2) is 11.2 Å². The predicted octanol–water partition coefficient (Wildman–Crippen LogP) is 5.37. The maximum atomic E-state index is 12.8. The van der Waals surface area contributed by atoms with Gasteiger partial charge in [0.25, 0.3) is 0 Å². The van der Waals surface area contributed by atoms with Crippen molar-refractivity contribution in [1.29, 1.82) is 0 Å². The third-order valence-electron chi connectivity index (χ3n) is 3.75. The number of alkyl halides is 3. The van der Waals surface area contributed by atoms with Crippen LogP contribution in [0, 0.1) is 10.1 Å². The van der Waals surface area contributed by atoms with Crippen molar-refractivity contribution in [2.45, 2.75) is 6.18 Å². The second kappa shape index (κ2) is 6.47. The van der Waals surface area contributed by atoms with Gasteiger partial charge in [0, 0.05) is 6.07 Å². The number of benzene rings is 3. The molecule has 0 aliphatic heterocycles. The minimum Gasteiger partial charge on any atom is -0.449 e. The minimum atomic E-state index is -4.72. The van der Waals surface area contributed by atoms with Crippen LogP contribution in [0.15, 0.2) is 54.6 Å². The Balaban J connectivity index is 2.10.